The highest BCUT2D eigenvalue weighted by Gasteiger charge is 2.72. The van der Waals surface area contributed by atoms with E-state index in [9.17, 15) is 4.79 Å². The Morgan fingerprint density at radius 1 is 1.22 bits per heavy atom. The molecule has 1 saturated carbocycles. The van der Waals surface area contributed by atoms with Gasteiger partial charge in [-0.15, -0.1) is 0 Å². The number of epoxide rings is 2. The monoisotopic (exact) mass is 499 g/mol. The van der Waals surface area contributed by atoms with Crippen LogP contribution in [0.1, 0.15) is 45.6 Å². The van der Waals surface area contributed by atoms with Gasteiger partial charge in [-0.25, -0.2) is 4.79 Å². The van der Waals surface area contributed by atoms with Crippen LogP contribution in [0, 0.1) is 5.92 Å². The Morgan fingerprint density at radius 3 is 2.56 bits per heavy atom. The molecule has 0 amide bonds. The highest BCUT2D eigenvalue weighted by molar-refractivity contribution is 5.87. The Morgan fingerprint density at radius 2 is 1.94 bits per heavy atom. The molecule has 2 heterocycles. The van der Waals surface area contributed by atoms with Gasteiger partial charge < -0.3 is 28.6 Å². The van der Waals surface area contributed by atoms with Crippen molar-refractivity contribution in [3.8, 4) is 5.75 Å². The smallest absolute Gasteiger partial charge is 0.331 e. The van der Waals surface area contributed by atoms with E-state index in [-0.39, 0.29) is 41.4 Å². The Bertz CT molecular complexity index is 962. The first-order chi connectivity index (χ1) is 17.2. The molecular formula is C29H41NO6. The van der Waals surface area contributed by atoms with Crippen LogP contribution in [0.15, 0.2) is 42.0 Å². The Labute approximate surface area is 215 Å². The lowest BCUT2D eigenvalue weighted by Gasteiger charge is -2.42. The van der Waals surface area contributed by atoms with Crippen LogP contribution in [0.2, 0.25) is 0 Å². The van der Waals surface area contributed by atoms with Gasteiger partial charge in [-0.3, -0.25) is 0 Å². The van der Waals surface area contributed by atoms with Crippen LogP contribution in [0.4, 0.5) is 0 Å². The lowest BCUT2D eigenvalue weighted by atomic mass is 9.68. The molecule has 2 aliphatic heterocycles. The minimum atomic E-state index is -0.372. The van der Waals surface area contributed by atoms with E-state index >= 15 is 0 Å². The van der Waals surface area contributed by atoms with Crippen LogP contribution in [0.3, 0.4) is 0 Å². The summed E-state index contributed by atoms with van der Waals surface area (Å²) in [6, 6.07) is 7.67. The minimum absolute atomic E-state index is 0.0149. The number of esters is 1. The van der Waals surface area contributed by atoms with E-state index in [1.165, 1.54) is 11.6 Å². The van der Waals surface area contributed by atoms with Gasteiger partial charge in [-0.1, -0.05) is 23.8 Å². The average molecular weight is 500 g/mol. The van der Waals surface area contributed by atoms with Gasteiger partial charge in [0.05, 0.1) is 18.6 Å². The highest BCUT2D eigenvalue weighted by Crippen LogP contribution is 2.59. The summed E-state index contributed by atoms with van der Waals surface area (Å²) in [6.07, 6.45) is 7.38. The largest absolute Gasteiger partial charge is 0.492 e. The molecule has 0 N–H and O–H groups in total. The summed E-state index contributed by atoms with van der Waals surface area (Å²) in [5.41, 5.74) is 1.61. The Balaban J connectivity index is 1.36. The number of carbonyl (C=O) groups excluding carboxylic acids is 1. The van der Waals surface area contributed by atoms with Crippen molar-refractivity contribution in [1.29, 1.82) is 0 Å². The molecule has 1 aliphatic carbocycles. The van der Waals surface area contributed by atoms with Crippen molar-refractivity contribution < 1.29 is 28.5 Å². The highest BCUT2D eigenvalue weighted by atomic mass is 16.6. The summed E-state index contributed by atoms with van der Waals surface area (Å²) in [6.45, 7) is 8.54. The molecule has 198 valence electrons. The third-order valence-electron chi connectivity index (χ3n) is 7.60. The number of ether oxygens (including phenoxy) is 5. The van der Waals surface area contributed by atoms with Crippen LogP contribution < -0.4 is 4.74 Å². The number of allylic oxidation sites excluding steroid dienone is 1. The summed E-state index contributed by atoms with van der Waals surface area (Å²) >= 11 is 0. The summed E-state index contributed by atoms with van der Waals surface area (Å²) in [5, 5.41) is 0. The lowest BCUT2D eigenvalue weighted by molar-refractivity contribution is -0.166. The molecule has 1 unspecified atom stereocenters. The van der Waals surface area contributed by atoms with Crippen molar-refractivity contribution in [1.82, 2.24) is 4.90 Å². The number of benzene rings is 1. The first-order valence-corrected chi connectivity index (χ1v) is 12.9. The fourth-order valence-electron chi connectivity index (χ4n) is 5.44. The van der Waals surface area contributed by atoms with E-state index in [1.807, 2.05) is 38.4 Å². The maximum atomic E-state index is 12.7. The molecule has 1 aromatic carbocycles. The van der Waals surface area contributed by atoms with E-state index in [0.29, 0.717) is 19.6 Å². The predicted molar refractivity (Wildman–Crippen MR) is 139 cm³/mol. The first-order valence-electron chi connectivity index (χ1n) is 12.9. The second kappa shape index (κ2) is 11.1. The predicted octanol–water partition coefficient (Wildman–Crippen LogP) is 4.26. The molecular weight excluding hydrogens is 458 g/mol. The van der Waals surface area contributed by atoms with E-state index < -0.39 is 0 Å². The fourth-order valence-corrected chi connectivity index (χ4v) is 5.44. The number of likely N-dealkylation sites (N-methyl/N-ethyl adjacent to an activating group) is 1. The quantitative estimate of drug-likeness (QED) is 0.195. The van der Waals surface area contributed by atoms with E-state index in [2.05, 4.69) is 31.7 Å². The molecule has 36 heavy (non-hydrogen) atoms. The van der Waals surface area contributed by atoms with Gasteiger partial charge in [0.1, 0.15) is 35.8 Å². The van der Waals surface area contributed by atoms with Gasteiger partial charge >= 0.3 is 5.97 Å². The van der Waals surface area contributed by atoms with E-state index in [4.69, 9.17) is 23.7 Å². The molecule has 4 rings (SSSR count). The maximum Gasteiger partial charge on any atom is 0.331 e. The average Bonchev–Trinajstić information content (AvgIpc) is 3.75. The molecule has 6 atom stereocenters. The van der Waals surface area contributed by atoms with Crippen molar-refractivity contribution in [2.75, 3.05) is 41.0 Å². The van der Waals surface area contributed by atoms with Crippen molar-refractivity contribution >= 4 is 12.0 Å². The third-order valence-corrected chi connectivity index (χ3v) is 7.60. The van der Waals surface area contributed by atoms with Crippen LogP contribution in [-0.2, 0) is 23.7 Å². The maximum absolute atomic E-state index is 12.7. The topological polar surface area (TPSA) is 73.1 Å². The summed E-state index contributed by atoms with van der Waals surface area (Å²) in [4.78, 5) is 14.8. The molecule has 0 radical (unpaired) electrons. The van der Waals surface area contributed by atoms with Gasteiger partial charge in [-0.05, 0) is 77.9 Å². The lowest BCUT2D eigenvalue weighted by Crippen LogP contribution is -2.55. The second-order valence-corrected chi connectivity index (χ2v) is 10.9. The SMILES string of the molecule is CO[C@@H]1[C@H](OC(=O)/C=C/c2ccc(OCCN(C)C)cc2)CC[C@]2(CO2)[C@H]1[C@]1(C)OC1CC=C(C)C. The molecule has 7 nitrogen and oxygen atoms in total. The van der Waals surface area contributed by atoms with E-state index in [0.717, 1.165) is 30.7 Å². The number of hydrogen-bond donors (Lipinski definition) is 0. The van der Waals surface area contributed by atoms with Gasteiger partial charge in [0.15, 0.2) is 0 Å². The number of hydrogen-bond acceptors (Lipinski definition) is 7. The van der Waals surface area contributed by atoms with Crippen molar-refractivity contribution in [3.05, 3.63) is 47.6 Å². The van der Waals surface area contributed by atoms with Crippen LogP contribution in [0.5, 0.6) is 5.75 Å². The van der Waals surface area contributed by atoms with Crippen LogP contribution >= 0.6 is 0 Å². The van der Waals surface area contributed by atoms with E-state index in [1.54, 1.807) is 13.2 Å². The van der Waals surface area contributed by atoms with Crippen LogP contribution in [0.25, 0.3) is 6.08 Å². The third kappa shape index (κ3) is 6.20. The molecule has 1 aromatic rings. The zero-order chi connectivity index (χ0) is 25.9. The Hall–Kier alpha value is -2.19. The number of carbonyl (C=O) groups is 1. The zero-order valence-electron chi connectivity index (χ0n) is 22.5. The van der Waals surface area contributed by atoms with Gasteiger partial charge in [-0.2, -0.15) is 0 Å². The summed E-state index contributed by atoms with van der Waals surface area (Å²) in [7, 11) is 5.72. The first kappa shape index (κ1) is 26.9. The molecule has 3 aliphatic rings. The number of nitrogens with zero attached hydrogens (tertiary/aromatic N) is 1. The number of methoxy groups -OCH3 is 1. The zero-order valence-corrected chi connectivity index (χ0v) is 22.5. The minimum Gasteiger partial charge on any atom is -0.492 e. The van der Waals surface area contributed by atoms with Gasteiger partial charge in [0.2, 0.25) is 0 Å². The normalized spacial score (nSPS) is 33.1. The molecule has 3 fully saturated rings. The van der Waals surface area contributed by atoms with Crippen molar-refractivity contribution in [3.63, 3.8) is 0 Å². The molecule has 0 bridgehead atoms. The molecule has 0 aromatic heterocycles. The second-order valence-electron chi connectivity index (χ2n) is 10.9. The molecule has 1 spiro atoms. The van der Waals surface area contributed by atoms with Crippen molar-refractivity contribution in [2.45, 2.75) is 69.5 Å². The fraction of sp³-hybridized carbons (Fsp3) is 0.621. The van der Waals surface area contributed by atoms with Crippen LogP contribution in [-0.4, -0.2) is 81.3 Å². The number of rotatable bonds is 11. The van der Waals surface area contributed by atoms with Gasteiger partial charge in [0, 0.05) is 19.7 Å². The van der Waals surface area contributed by atoms with Gasteiger partial charge in [0.25, 0.3) is 0 Å². The Kier molecular flexibility index (Phi) is 8.25. The molecule has 7 heteroatoms. The summed E-state index contributed by atoms with van der Waals surface area (Å²) in [5.74, 6) is 0.450. The standard InChI is InChI=1S/C29H41NO6/c1-20(2)7-13-24-28(3,36-24)27-26(32-6)23(15-16-29(27)19-34-29)35-25(31)14-10-21-8-11-22(12-9-21)33-18-17-30(4)5/h7-12,14,23-24,26-27H,13,15-19H2,1-6H3/b14-10+/t23-,24?,26-,27-,28-,29+/m1/s1. The van der Waals surface area contributed by atoms with Crippen molar-refractivity contribution in [2.24, 2.45) is 5.92 Å². The molecule has 2 saturated heterocycles. The summed E-state index contributed by atoms with van der Waals surface area (Å²) < 4.78 is 29.8.